The van der Waals surface area contributed by atoms with Crippen LogP contribution in [0.5, 0.6) is 0 Å². The summed E-state index contributed by atoms with van der Waals surface area (Å²) in [6, 6.07) is 7.65. The molecule has 1 fully saturated rings. The number of aliphatic hydroxyl groups is 1. The van der Waals surface area contributed by atoms with Crippen molar-refractivity contribution in [2.75, 3.05) is 0 Å². The number of benzene rings is 1. The first-order valence-electron chi connectivity index (χ1n) is 6.39. The number of carboxylic acids is 1. The van der Waals surface area contributed by atoms with Gasteiger partial charge in [-0.2, -0.15) is 0 Å². The molecule has 1 aliphatic carbocycles. The third-order valence-corrected chi connectivity index (χ3v) is 3.76. The Morgan fingerprint density at radius 2 is 1.83 bits per heavy atom. The minimum Gasteiger partial charge on any atom is -0.481 e. The lowest BCUT2D eigenvalue weighted by Crippen LogP contribution is -2.42. The van der Waals surface area contributed by atoms with E-state index in [1.807, 2.05) is 24.3 Å². The molecule has 1 saturated carbocycles. The van der Waals surface area contributed by atoms with Crippen LogP contribution in [0.1, 0.15) is 44.2 Å². The second-order valence-electron chi connectivity index (χ2n) is 5.93. The normalized spacial score (nSPS) is 18.2. The highest BCUT2D eigenvalue weighted by atomic mass is 16.4. The summed E-state index contributed by atoms with van der Waals surface area (Å²) >= 11 is 0. The molecule has 0 saturated heterocycles. The minimum absolute atomic E-state index is 0.577. The van der Waals surface area contributed by atoms with Gasteiger partial charge < -0.3 is 10.2 Å². The van der Waals surface area contributed by atoms with E-state index in [0.717, 1.165) is 30.4 Å². The van der Waals surface area contributed by atoms with Crippen molar-refractivity contribution in [3.8, 4) is 0 Å². The number of carbonyl (C=O) groups is 1. The van der Waals surface area contributed by atoms with Crippen LogP contribution < -0.4 is 0 Å². The third-order valence-electron chi connectivity index (χ3n) is 3.76. The molecule has 0 amide bonds. The van der Waals surface area contributed by atoms with E-state index in [9.17, 15) is 15.0 Å². The number of aliphatic carboxylic acids is 1. The highest BCUT2D eigenvalue weighted by Crippen LogP contribution is 2.44. The number of hydrogen-bond acceptors (Lipinski definition) is 2. The Balaban J connectivity index is 2.20. The maximum absolute atomic E-state index is 11.4. The zero-order valence-corrected chi connectivity index (χ0v) is 10.9. The van der Waals surface area contributed by atoms with Gasteiger partial charge in [-0.3, -0.25) is 4.79 Å². The molecule has 0 spiro atoms. The molecule has 18 heavy (non-hydrogen) atoms. The molecule has 0 unspecified atom stereocenters. The molecule has 0 aromatic heterocycles. The van der Waals surface area contributed by atoms with E-state index in [-0.39, 0.29) is 0 Å². The van der Waals surface area contributed by atoms with E-state index >= 15 is 0 Å². The average molecular weight is 248 g/mol. The Morgan fingerprint density at radius 1 is 1.28 bits per heavy atom. The summed E-state index contributed by atoms with van der Waals surface area (Å²) in [5.74, 6) is -0.719. The van der Waals surface area contributed by atoms with Gasteiger partial charge in [0.2, 0.25) is 0 Å². The van der Waals surface area contributed by atoms with Gasteiger partial charge >= 0.3 is 5.97 Å². The first-order valence-corrected chi connectivity index (χ1v) is 6.39. The molecule has 0 atom stereocenters. The van der Waals surface area contributed by atoms with Crippen LogP contribution in [-0.2, 0) is 16.6 Å². The molecule has 2 rings (SSSR count). The molecular formula is C15H20O3. The number of rotatable bonds is 4. The van der Waals surface area contributed by atoms with E-state index in [4.69, 9.17) is 0 Å². The smallest absolute Gasteiger partial charge is 0.314 e. The molecule has 1 aromatic carbocycles. The lowest BCUT2D eigenvalue weighted by Gasteiger charge is -2.38. The monoisotopic (exact) mass is 248 g/mol. The van der Waals surface area contributed by atoms with Crippen molar-refractivity contribution in [1.82, 2.24) is 0 Å². The molecular weight excluding hydrogens is 228 g/mol. The molecule has 0 radical (unpaired) electrons. The van der Waals surface area contributed by atoms with Gasteiger partial charge in [-0.1, -0.05) is 30.7 Å². The lowest BCUT2D eigenvalue weighted by atomic mass is 9.64. The van der Waals surface area contributed by atoms with Gasteiger partial charge in [0.25, 0.3) is 0 Å². The van der Waals surface area contributed by atoms with Crippen LogP contribution in [0, 0.1) is 0 Å². The molecule has 0 aliphatic heterocycles. The fraction of sp³-hybridized carbons (Fsp3) is 0.533. The van der Waals surface area contributed by atoms with Crippen molar-refractivity contribution < 1.29 is 15.0 Å². The van der Waals surface area contributed by atoms with Crippen molar-refractivity contribution >= 4 is 5.97 Å². The average Bonchev–Trinajstić information content (AvgIpc) is 2.15. The van der Waals surface area contributed by atoms with E-state index in [1.165, 1.54) is 0 Å². The molecule has 98 valence electrons. The zero-order chi connectivity index (χ0) is 13.4. The van der Waals surface area contributed by atoms with E-state index < -0.39 is 17.0 Å². The lowest BCUT2D eigenvalue weighted by molar-refractivity contribution is -0.147. The second-order valence-corrected chi connectivity index (χ2v) is 5.93. The van der Waals surface area contributed by atoms with E-state index in [1.54, 1.807) is 13.8 Å². The molecule has 0 bridgehead atoms. The quantitative estimate of drug-likeness (QED) is 0.860. The maximum atomic E-state index is 11.4. The summed E-state index contributed by atoms with van der Waals surface area (Å²) in [5, 5.41) is 19.1. The standard InChI is InChI=1S/C15H20O3/c1-14(2,18)10-11-4-6-12(7-5-11)15(13(16)17)8-3-9-15/h4-7,18H,3,8-10H2,1-2H3,(H,16,17). The first-order chi connectivity index (χ1) is 8.33. The van der Waals surface area contributed by atoms with Crippen LogP contribution in [0.3, 0.4) is 0 Å². The summed E-state index contributed by atoms with van der Waals surface area (Å²) in [6.07, 6.45) is 3.02. The van der Waals surface area contributed by atoms with Gasteiger partial charge in [0.1, 0.15) is 0 Å². The summed E-state index contributed by atoms with van der Waals surface area (Å²) in [4.78, 5) is 11.4. The molecule has 1 aliphatic rings. The minimum atomic E-state index is -0.734. The predicted molar refractivity (Wildman–Crippen MR) is 69.6 cm³/mol. The highest BCUT2D eigenvalue weighted by Gasteiger charge is 2.45. The van der Waals surface area contributed by atoms with Gasteiger partial charge in [-0.15, -0.1) is 0 Å². The molecule has 3 heteroatoms. The Kier molecular flexibility index (Phi) is 3.20. The molecule has 2 N–H and O–H groups in total. The third kappa shape index (κ3) is 2.41. The van der Waals surface area contributed by atoms with Crippen LogP contribution in [0.25, 0.3) is 0 Å². The SMILES string of the molecule is CC(C)(O)Cc1ccc(C2(C(=O)O)CCC2)cc1. The topological polar surface area (TPSA) is 57.5 Å². The fourth-order valence-corrected chi connectivity index (χ4v) is 2.60. The van der Waals surface area contributed by atoms with Gasteiger partial charge in [-0.05, 0) is 37.8 Å². The molecule has 0 heterocycles. The van der Waals surface area contributed by atoms with Crippen molar-refractivity contribution in [1.29, 1.82) is 0 Å². The zero-order valence-electron chi connectivity index (χ0n) is 10.9. The van der Waals surface area contributed by atoms with Crippen LogP contribution in [0.15, 0.2) is 24.3 Å². The number of hydrogen-bond donors (Lipinski definition) is 2. The Bertz CT molecular complexity index is 436. The predicted octanol–water partition coefficient (Wildman–Crippen LogP) is 2.51. The van der Waals surface area contributed by atoms with Crippen LogP contribution in [0.2, 0.25) is 0 Å². The Morgan fingerprint density at radius 3 is 2.17 bits per heavy atom. The highest BCUT2D eigenvalue weighted by molar-refractivity contribution is 5.82. The summed E-state index contributed by atoms with van der Waals surface area (Å²) < 4.78 is 0. The van der Waals surface area contributed by atoms with Crippen LogP contribution >= 0.6 is 0 Å². The van der Waals surface area contributed by atoms with Crippen molar-refractivity contribution in [2.45, 2.75) is 50.5 Å². The van der Waals surface area contributed by atoms with Gasteiger partial charge in [0.05, 0.1) is 11.0 Å². The van der Waals surface area contributed by atoms with Gasteiger partial charge in [0.15, 0.2) is 0 Å². The van der Waals surface area contributed by atoms with E-state index in [0.29, 0.717) is 6.42 Å². The van der Waals surface area contributed by atoms with Crippen LogP contribution in [0.4, 0.5) is 0 Å². The van der Waals surface area contributed by atoms with Gasteiger partial charge in [0, 0.05) is 6.42 Å². The fourth-order valence-electron chi connectivity index (χ4n) is 2.60. The summed E-state index contributed by atoms with van der Waals surface area (Å²) in [5.41, 5.74) is 0.530. The molecule has 1 aromatic rings. The first kappa shape index (κ1) is 13.1. The second kappa shape index (κ2) is 4.39. The summed E-state index contributed by atoms with van der Waals surface area (Å²) in [6.45, 7) is 3.54. The van der Waals surface area contributed by atoms with Crippen LogP contribution in [-0.4, -0.2) is 21.8 Å². The van der Waals surface area contributed by atoms with E-state index in [2.05, 4.69) is 0 Å². The summed E-state index contributed by atoms with van der Waals surface area (Å²) in [7, 11) is 0. The Hall–Kier alpha value is -1.35. The van der Waals surface area contributed by atoms with Crippen molar-refractivity contribution in [2.24, 2.45) is 0 Å². The largest absolute Gasteiger partial charge is 0.481 e. The Labute approximate surface area is 107 Å². The number of carboxylic acid groups (broad SMARTS) is 1. The maximum Gasteiger partial charge on any atom is 0.314 e. The van der Waals surface area contributed by atoms with Gasteiger partial charge in [-0.25, -0.2) is 0 Å². The van der Waals surface area contributed by atoms with Crippen molar-refractivity contribution in [3.05, 3.63) is 35.4 Å². The molecule has 3 nitrogen and oxygen atoms in total. The van der Waals surface area contributed by atoms with Crippen molar-refractivity contribution in [3.63, 3.8) is 0 Å².